The Hall–Kier alpha value is -2.07. The summed E-state index contributed by atoms with van der Waals surface area (Å²) in [6.07, 6.45) is 0.932. The van der Waals surface area contributed by atoms with Gasteiger partial charge in [-0.25, -0.2) is 10.6 Å². The van der Waals surface area contributed by atoms with Crippen molar-refractivity contribution in [3.63, 3.8) is 0 Å². The normalized spacial score (nSPS) is 21.7. The van der Waals surface area contributed by atoms with E-state index in [1.54, 1.807) is 6.07 Å². The van der Waals surface area contributed by atoms with E-state index in [1.807, 2.05) is 5.43 Å². The highest BCUT2D eigenvalue weighted by Crippen LogP contribution is 2.19. The van der Waals surface area contributed by atoms with Gasteiger partial charge < -0.3 is 10.1 Å². The van der Waals surface area contributed by atoms with Gasteiger partial charge in [0, 0.05) is 5.70 Å². The maximum absolute atomic E-state index is 11.2. The maximum Gasteiger partial charge on any atom is 0.328 e. The summed E-state index contributed by atoms with van der Waals surface area (Å²) >= 11 is 0. The van der Waals surface area contributed by atoms with Gasteiger partial charge in [-0.3, -0.25) is 10.2 Å². The third kappa shape index (κ3) is 2.29. The van der Waals surface area contributed by atoms with E-state index in [-0.39, 0.29) is 5.57 Å². The van der Waals surface area contributed by atoms with E-state index in [4.69, 9.17) is 11.1 Å². The molecule has 86 valence electrons. The molecule has 4 N–H and O–H groups in total. The molecule has 1 rings (SSSR count). The number of carbonyl (C=O) groups excluding carboxylic acids is 2. The molecule has 1 unspecified atom stereocenters. The second-order valence-corrected chi connectivity index (χ2v) is 3.20. The first-order valence-electron chi connectivity index (χ1n) is 4.62. The number of allylic oxidation sites excluding steroid dienone is 1. The van der Waals surface area contributed by atoms with Crippen LogP contribution in [0, 0.1) is 11.3 Å². The average Bonchev–Trinajstić information content (AvgIpc) is 2.78. The van der Waals surface area contributed by atoms with Crippen LogP contribution < -0.4 is 16.6 Å². The molecule has 0 aromatic carbocycles. The smallest absolute Gasteiger partial charge is 0.328 e. The number of esters is 1. The monoisotopic (exact) mass is 224 g/mol. The Balaban J connectivity index is 2.84. The highest BCUT2D eigenvalue weighted by molar-refractivity contribution is 5.97. The first-order valence-corrected chi connectivity index (χ1v) is 4.62. The first kappa shape index (κ1) is 12.0. The van der Waals surface area contributed by atoms with Gasteiger partial charge in [-0.15, -0.1) is 0 Å². The molecule has 1 atom stereocenters. The molecular weight excluding hydrogens is 212 g/mol. The second kappa shape index (κ2) is 5.14. The summed E-state index contributed by atoms with van der Waals surface area (Å²) in [6, 6.07) is 1.24. The molecule has 1 heterocycles. The minimum absolute atomic E-state index is 0.103. The van der Waals surface area contributed by atoms with Crippen LogP contribution in [0.4, 0.5) is 0 Å². The lowest BCUT2D eigenvalue weighted by molar-refractivity contribution is -0.142. The minimum atomic E-state index is -0.671. The van der Waals surface area contributed by atoms with Gasteiger partial charge in [-0.1, -0.05) is 0 Å². The standard InChI is InChI=1S/C9H12N4O3/c1-16-9(15)7-3-2-6(12-7)5(4-10)8(14)13-11/h7,12H,2-3,11H2,1H3,(H,13,14)/b6-5-. The van der Waals surface area contributed by atoms with Gasteiger partial charge in [0.1, 0.15) is 17.7 Å². The number of hydrazine groups is 1. The summed E-state index contributed by atoms with van der Waals surface area (Å²) in [6.45, 7) is 0. The van der Waals surface area contributed by atoms with Crippen molar-refractivity contribution in [2.45, 2.75) is 18.9 Å². The van der Waals surface area contributed by atoms with Crippen molar-refractivity contribution in [2.75, 3.05) is 7.11 Å². The highest BCUT2D eigenvalue weighted by Gasteiger charge is 2.29. The zero-order valence-corrected chi connectivity index (χ0v) is 8.74. The Morgan fingerprint density at radius 1 is 1.69 bits per heavy atom. The van der Waals surface area contributed by atoms with Crippen LogP contribution in [0.3, 0.4) is 0 Å². The highest BCUT2D eigenvalue weighted by atomic mass is 16.5. The van der Waals surface area contributed by atoms with E-state index < -0.39 is 17.9 Å². The number of nitriles is 1. The molecule has 7 heteroatoms. The number of methoxy groups -OCH3 is 1. The van der Waals surface area contributed by atoms with Crippen LogP contribution in [0.1, 0.15) is 12.8 Å². The second-order valence-electron chi connectivity index (χ2n) is 3.20. The predicted molar refractivity (Wildman–Crippen MR) is 53.1 cm³/mol. The van der Waals surface area contributed by atoms with Crippen LogP contribution >= 0.6 is 0 Å². The lowest BCUT2D eigenvalue weighted by atomic mass is 10.1. The van der Waals surface area contributed by atoms with Crippen LogP contribution in [-0.4, -0.2) is 25.0 Å². The molecule has 0 saturated carbocycles. The Morgan fingerprint density at radius 3 is 2.88 bits per heavy atom. The summed E-state index contributed by atoms with van der Waals surface area (Å²) in [5.41, 5.74) is 2.19. The molecule has 1 saturated heterocycles. The topological polar surface area (TPSA) is 117 Å². The fourth-order valence-electron chi connectivity index (χ4n) is 1.49. The lowest BCUT2D eigenvalue weighted by Gasteiger charge is -2.08. The summed E-state index contributed by atoms with van der Waals surface area (Å²) in [4.78, 5) is 22.4. The third-order valence-corrected chi connectivity index (χ3v) is 2.29. The van der Waals surface area contributed by atoms with Crippen molar-refractivity contribution in [2.24, 2.45) is 5.84 Å². The fraction of sp³-hybridized carbons (Fsp3) is 0.444. The largest absolute Gasteiger partial charge is 0.467 e. The Bertz CT molecular complexity index is 383. The van der Waals surface area contributed by atoms with E-state index in [2.05, 4.69) is 10.1 Å². The van der Waals surface area contributed by atoms with Gasteiger partial charge in [-0.2, -0.15) is 5.26 Å². The molecule has 0 radical (unpaired) electrons. The van der Waals surface area contributed by atoms with Crippen LogP contribution in [0.5, 0.6) is 0 Å². The summed E-state index contributed by atoms with van der Waals surface area (Å²) in [5, 5.41) is 11.6. The van der Waals surface area contributed by atoms with Crippen LogP contribution in [0.15, 0.2) is 11.3 Å². The molecule has 0 bridgehead atoms. The Labute approximate surface area is 92.2 Å². The van der Waals surface area contributed by atoms with Crippen molar-refractivity contribution in [3.05, 3.63) is 11.3 Å². The number of nitrogens with two attached hydrogens (primary N) is 1. The molecule has 1 amide bonds. The third-order valence-electron chi connectivity index (χ3n) is 2.29. The maximum atomic E-state index is 11.2. The van der Waals surface area contributed by atoms with Crippen LogP contribution in [0.2, 0.25) is 0 Å². The fourth-order valence-corrected chi connectivity index (χ4v) is 1.49. The van der Waals surface area contributed by atoms with E-state index in [0.717, 1.165) is 0 Å². The van der Waals surface area contributed by atoms with Crippen molar-refractivity contribution in [1.82, 2.24) is 10.7 Å². The van der Waals surface area contributed by atoms with Gasteiger partial charge in [0.2, 0.25) is 0 Å². The van der Waals surface area contributed by atoms with Crippen molar-refractivity contribution >= 4 is 11.9 Å². The number of rotatable bonds is 2. The quantitative estimate of drug-likeness (QED) is 0.134. The molecule has 16 heavy (non-hydrogen) atoms. The van der Waals surface area contributed by atoms with E-state index in [1.165, 1.54) is 7.11 Å². The molecule has 0 aromatic heterocycles. The number of ether oxygens (including phenoxy) is 1. The summed E-state index contributed by atoms with van der Waals surface area (Å²) < 4.78 is 4.55. The zero-order chi connectivity index (χ0) is 12.1. The van der Waals surface area contributed by atoms with Crippen molar-refractivity contribution in [1.29, 1.82) is 5.26 Å². The van der Waals surface area contributed by atoms with E-state index in [9.17, 15) is 9.59 Å². The zero-order valence-electron chi connectivity index (χ0n) is 8.74. The Kier molecular flexibility index (Phi) is 3.85. The van der Waals surface area contributed by atoms with Crippen molar-refractivity contribution < 1.29 is 14.3 Å². The Morgan fingerprint density at radius 2 is 2.38 bits per heavy atom. The van der Waals surface area contributed by atoms with Gasteiger partial charge in [0.15, 0.2) is 0 Å². The van der Waals surface area contributed by atoms with Crippen molar-refractivity contribution in [3.8, 4) is 6.07 Å². The SMILES string of the molecule is COC(=O)C1CC/C(=C(\C#N)C(=O)NN)N1. The molecule has 7 nitrogen and oxygen atoms in total. The number of hydrogen-bond acceptors (Lipinski definition) is 6. The van der Waals surface area contributed by atoms with Gasteiger partial charge in [0.25, 0.3) is 5.91 Å². The molecule has 1 aliphatic rings. The number of carbonyl (C=O) groups is 2. The molecule has 1 aliphatic heterocycles. The predicted octanol–water partition coefficient (Wildman–Crippen LogP) is -1.32. The number of amides is 1. The number of hydrogen-bond donors (Lipinski definition) is 3. The van der Waals surface area contributed by atoms with Crippen LogP contribution in [0.25, 0.3) is 0 Å². The number of nitrogens with zero attached hydrogens (tertiary/aromatic N) is 1. The first-order chi connectivity index (χ1) is 7.63. The van der Waals surface area contributed by atoms with E-state index in [0.29, 0.717) is 18.5 Å². The van der Waals surface area contributed by atoms with Gasteiger partial charge in [0.05, 0.1) is 7.11 Å². The molecule has 0 aromatic rings. The van der Waals surface area contributed by atoms with E-state index >= 15 is 0 Å². The lowest BCUT2D eigenvalue weighted by Crippen LogP contribution is -2.35. The summed E-state index contributed by atoms with van der Waals surface area (Å²) in [7, 11) is 1.28. The molecule has 0 spiro atoms. The minimum Gasteiger partial charge on any atom is -0.467 e. The molecule has 0 aliphatic carbocycles. The molecule has 1 fully saturated rings. The number of nitrogens with one attached hydrogen (secondary N) is 2. The molecular formula is C9H12N4O3. The average molecular weight is 224 g/mol. The van der Waals surface area contributed by atoms with Gasteiger partial charge in [-0.05, 0) is 12.8 Å². The van der Waals surface area contributed by atoms with Gasteiger partial charge >= 0.3 is 5.97 Å². The van der Waals surface area contributed by atoms with Crippen LogP contribution in [-0.2, 0) is 14.3 Å². The summed E-state index contributed by atoms with van der Waals surface area (Å²) in [5.74, 6) is 3.85.